The summed E-state index contributed by atoms with van der Waals surface area (Å²) in [5.41, 5.74) is 0.457. The number of nitrogens with zero attached hydrogens (tertiary/aromatic N) is 3. The standard InChI is InChI=1S/C26H36ClN3O/c1-15-4-6-19-17(10-15)5-7-21-20(19)8-9-26(3)22(11-16(2)24(21)26)23(31)14-30-13-18(12-28)25(27)29-30/h13,15-17,19-22,24H,4-11,14H2,1-3H3/t15-,16+,17+,19-,20+,21+,22+,24-,26+/m0/s1. The first-order chi connectivity index (χ1) is 14.8. The molecule has 1 heterocycles. The first-order valence-electron chi connectivity index (χ1n) is 12.5. The van der Waals surface area contributed by atoms with Gasteiger partial charge in [-0.3, -0.25) is 9.48 Å². The molecule has 4 saturated carbocycles. The summed E-state index contributed by atoms with van der Waals surface area (Å²) < 4.78 is 1.57. The SMILES string of the molecule is C[C@H]1CC[C@H]2[C@H](CC[C@@H]3[C@@H]2CC[C@@]2(C)[C@H]3[C@H](C)C[C@@H]2C(=O)Cn2cc(C#N)c(Cl)n2)C1. The maximum absolute atomic E-state index is 13.5. The number of carbonyl (C=O) groups excluding carboxylic acids is 1. The third kappa shape index (κ3) is 3.47. The van der Waals surface area contributed by atoms with Crippen LogP contribution in [0.1, 0.15) is 77.7 Å². The summed E-state index contributed by atoms with van der Waals surface area (Å²) in [5, 5.41) is 13.5. The number of carbonyl (C=O) groups is 1. The van der Waals surface area contributed by atoms with Crippen LogP contribution in [0.4, 0.5) is 0 Å². The number of hydrogen-bond donors (Lipinski definition) is 0. The smallest absolute Gasteiger partial charge is 0.168 e. The number of rotatable bonds is 3. The van der Waals surface area contributed by atoms with Crippen LogP contribution in [0.25, 0.3) is 0 Å². The van der Waals surface area contributed by atoms with E-state index in [4.69, 9.17) is 16.9 Å². The minimum atomic E-state index is 0.103. The molecule has 0 radical (unpaired) electrons. The molecule has 4 fully saturated rings. The van der Waals surface area contributed by atoms with Crippen LogP contribution in [0, 0.1) is 64.1 Å². The Morgan fingerprint density at radius 2 is 1.97 bits per heavy atom. The second kappa shape index (κ2) is 7.91. The third-order valence-electron chi connectivity index (χ3n) is 10.1. The maximum Gasteiger partial charge on any atom is 0.168 e. The van der Waals surface area contributed by atoms with Crippen molar-refractivity contribution in [2.24, 2.45) is 52.8 Å². The van der Waals surface area contributed by atoms with Crippen LogP contribution in [0.3, 0.4) is 0 Å². The monoisotopic (exact) mass is 441 g/mol. The summed E-state index contributed by atoms with van der Waals surface area (Å²) in [7, 11) is 0. The summed E-state index contributed by atoms with van der Waals surface area (Å²) in [6.45, 7) is 7.51. The molecule has 0 aliphatic heterocycles. The molecule has 31 heavy (non-hydrogen) atoms. The van der Waals surface area contributed by atoms with Gasteiger partial charge >= 0.3 is 0 Å². The topological polar surface area (TPSA) is 58.7 Å². The largest absolute Gasteiger partial charge is 0.297 e. The van der Waals surface area contributed by atoms with Crippen molar-refractivity contribution in [2.45, 2.75) is 78.7 Å². The molecule has 4 nitrogen and oxygen atoms in total. The number of aromatic nitrogens is 2. The first kappa shape index (κ1) is 21.5. The lowest BCUT2D eigenvalue weighted by Crippen LogP contribution is -2.50. The maximum atomic E-state index is 13.5. The van der Waals surface area contributed by atoms with Gasteiger partial charge < -0.3 is 0 Å². The molecule has 9 atom stereocenters. The molecule has 0 bridgehead atoms. The van der Waals surface area contributed by atoms with E-state index >= 15 is 0 Å². The molecule has 5 heteroatoms. The van der Waals surface area contributed by atoms with E-state index in [1.54, 1.807) is 10.9 Å². The average Bonchev–Trinajstić information content (AvgIpc) is 3.23. The van der Waals surface area contributed by atoms with E-state index in [0.29, 0.717) is 17.4 Å². The highest BCUT2D eigenvalue weighted by Gasteiger charge is 2.60. The van der Waals surface area contributed by atoms with E-state index in [0.717, 1.165) is 36.0 Å². The molecular formula is C26H36ClN3O. The van der Waals surface area contributed by atoms with Gasteiger partial charge in [-0.05, 0) is 91.8 Å². The van der Waals surface area contributed by atoms with Crippen LogP contribution in [0.5, 0.6) is 0 Å². The molecule has 4 aliphatic carbocycles. The average molecular weight is 442 g/mol. The van der Waals surface area contributed by atoms with Crippen molar-refractivity contribution in [3.63, 3.8) is 0 Å². The second-order valence-electron chi connectivity index (χ2n) is 11.7. The minimum Gasteiger partial charge on any atom is -0.297 e. The fraction of sp³-hybridized carbons (Fsp3) is 0.808. The summed E-state index contributed by atoms with van der Waals surface area (Å²) in [4.78, 5) is 13.5. The quantitative estimate of drug-likeness (QED) is 0.566. The summed E-state index contributed by atoms with van der Waals surface area (Å²) >= 11 is 6.02. The minimum absolute atomic E-state index is 0.103. The lowest BCUT2D eigenvalue weighted by atomic mass is 9.48. The van der Waals surface area contributed by atoms with Crippen molar-refractivity contribution in [1.29, 1.82) is 5.26 Å². The number of halogens is 1. The Balaban J connectivity index is 1.35. The Morgan fingerprint density at radius 3 is 2.71 bits per heavy atom. The Morgan fingerprint density at radius 1 is 1.19 bits per heavy atom. The molecule has 0 aromatic carbocycles. The molecule has 0 saturated heterocycles. The predicted octanol–water partition coefficient (Wildman–Crippen LogP) is 6.13. The van der Waals surface area contributed by atoms with Crippen LogP contribution in [-0.4, -0.2) is 15.6 Å². The molecule has 168 valence electrons. The van der Waals surface area contributed by atoms with Crippen LogP contribution < -0.4 is 0 Å². The van der Waals surface area contributed by atoms with Crippen molar-refractivity contribution in [3.8, 4) is 6.07 Å². The Hall–Kier alpha value is -1.34. The molecule has 0 amide bonds. The summed E-state index contributed by atoms with van der Waals surface area (Å²) in [5.74, 6) is 6.19. The van der Waals surface area contributed by atoms with Gasteiger partial charge in [0.05, 0.1) is 6.54 Å². The van der Waals surface area contributed by atoms with Crippen molar-refractivity contribution in [1.82, 2.24) is 9.78 Å². The molecule has 5 rings (SSSR count). The van der Waals surface area contributed by atoms with Crippen LogP contribution in [0.2, 0.25) is 5.15 Å². The van der Waals surface area contributed by atoms with E-state index in [1.165, 1.54) is 44.9 Å². The van der Waals surface area contributed by atoms with E-state index in [9.17, 15) is 4.79 Å². The third-order valence-corrected chi connectivity index (χ3v) is 10.4. The molecule has 0 unspecified atom stereocenters. The molecule has 0 spiro atoms. The molecule has 4 aliphatic rings. The number of ketones is 1. The van der Waals surface area contributed by atoms with Crippen molar-refractivity contribution in [3.05, 3.63) is 16.9 Å². The van der Waals surface area contributed by atoms with E-state index in [2.05, 4.69) is 25.9 Å². The summed E-state index contributed by atoms with van der Waals surface area (Å²) in [6.07, 6.45) is 12.2. The van der Waals surface area contributed by atoms with Crippen molar-refractivity contribution in [2.75, 3.05) is 0 Å². The summed E-state index contributed by atoms with van der Waals surface area (Å²) in [6, 6.07) is 2.05. The Kier molecular flexibility index (Phi) is 5.48. The predicted molar refractivity (Wildman–Crippen MR) is 121 cm³/mol. The molecule has 0 N–H and O–H groups in total. The Bertz CT molecular complexity index is 903. The van der Waals surface area contributed by atoms with Gasteiger partial charge in [0.15, 0.2) is 10.9 Å². The number of nitriles is 1. The van der Waals surface area contributed by atoms with Gasteiger partial charge in [0.1, 0.15) is 11.6 Å². The fourth-order valence-electron chi connectivity index (χ4n) is 8.95. The Labute approximate surface area is 191 Å². The van der Waals surface area contributed by atoms with Crippen molar-refractivity contribution < 1.29 is 4.79 Å². The van der Waals surface area contributed by atoms with Crippen molar-refractivity contribution >= 4 is 17.4 Å². The van der Waals surface area contributed by atoms with E-state index in [-0.39, 0.29) is 28.8 Å². The molecule has 1 aromatic rings. The zero-order valence-corrected chi connectivity index (χ0v) is 19.9. The van der Waals surface area contributed by atoms with E-state index in [1.807, 2.05) is 6.07 Å². The number of hydrogen-bond acceptors (Lipinski definition) is 3. The fourth-order valence-corrected chi connectivity index (χ4v) is 9.14. The molecule has 1 aromatic heterocycles. The zero-order chi connectivity index (χ0) is 21.9. The highest BCUT2D eigenvalue weighted by atomic mass is 35.5. The van der Waals surface area contributed by atoms with Gasteiger partial charge in [-0.2, -0.15) is 10.4 Å². The van der Waals surface area contributed by atoms with Gasteiger partial charge in [0.25, 0.3) is 0 Å². The normalized spacial score (nSPS) is 44.1. The number of fused-ring (bicyclic) bond motifs is 5. The van der Waals surface area contributed by atoms with Gasteiger partial charge in [0, 0.05) is 12.1 Å². The second-order valence-corrected chi connectivity index (χ2v) is 12.1. The van der Waals surface area contributed by atoms with E-state index < -0.39 is 0 Å². The lowest BCUT2D eigenvalue weighted by Gasteiger charge is -2.56. The highest BCUT2D eigenvalue weighted by molar-refractivity contribution is 6.30. The van der Waals surface area contributed by atoms with Crippen LogP contribution >= 0.6 is 11.6 Å². The van der Waals surface area contributed by atoms with Gasteiger partial charge in [-0.15, -0.1) is 0 Å². The highest BCUT2D eigenvalue weighted by Crippen LogP contribution is 2.66. The van der Waals surface area contributed by atoms with Gasteiger partial charge in [-0.25, -0.2) is 0 Å². The van der Waals surface area contributed by atoms with Gasteiger partial charge in [-0.1, -0.05) is 38.8 Å². The lowest BCUT2D eigenvalue weighted by molar-refractivity contribution is -0.131. The van der Waals surface area contributed by atoms with Crippen LogP contribution in [0.15, 0.2) is 6.20 Å². The first-order valence-corrected chi connectivity index (χ1v) is 12.9. The molecular weight excluding hydrogens is 406 g/mol. The zero-order valence-electron chi connectivity index (χ0n) is 19.2. The number of Topliss-reactive ketones (excluding diaryl/α,β-unsaturated/α-hetero) is 1. The van der Waals surface area contributed by atoms with Gasteiger partial charge in [0.2, 0.25) is 0 Å². The van der Waals surface area contributed by atoms with Crippen LogP contribution in [-0.2, 0) is 11.3 Å².